The van der Waals surface area contributed by atoms with E-state index in [1.165, 1.54) is 22.7 Å². The van der Waals surface area contributed by atoms with E-state index in [1.807, 2.05) is 12.3 Å². The predicted octanol–water partition coefficient (Wildman–Crippen LogP) is 3.26. The number of thioether (sulfide) groups is 1. The average Bonchev–Trinajstić information content (AvgIpc) is 3.20. The lowest BCUT2D eigenvalue weighted by Gasteiger charge is -2.18. The van der Waals surface area contributed by atoms with Gasteiger partial charge in [-0.1, -0.05) is 0 Å². The fourth-order valence-electron chi connectivity index (χ4n) is 3.40. The summed E-state index contributed by atoms with van der Waals surface area (Å²) in [5.74, 6) is -0.195. The van der Waals surface area contributed by atoms with Gasteiger partial charge in [0.1, 0.15) is 11.6 Å². The third-order valence-corrected chi connectivity index (χ3v) is 5.41. The number of hydrogen-bond donors (Lipinski definition) is 0. The molecule has 5 nitrogen and oxygen atoms in total. The lowest BCUT2D eigenvalue weighted by molar-refractivity contribution is -0.122. The van der Waals surface area contributed by atoms with Crippen LogP contribution in [-0.4, -0.2) is 35.6 Å². The molecule has 4 rings (SSSR count). The van der Waals surface area contributed by atoms with E-state index in [0.29, 0.717) is 48.4 Å². The van der Waals surface area contributed by atoms with Gasteiger partial charge in [-0.05, 0) is 42.5 Å². The number of hydrogen-bond acceptors (Lipinski definition) is 5. The molecule has 1 amide bonds. The molecule has 134 valence electrons. The molecule has 26 heavy (non-hydrogen) atoms. The fraction of sp³-hybridized carbons (Fsp3) is 0.316. The molecule has 1 saturated heterocycles. The topological polar surface area (TPSA) is 59.5 Å². The van der Waals surface area contributed by atoms with Crippen molar-refractivity contribution in [3.63, 3.8) is 0 Å². The first-order chi connectivity index (χ1) is 12.6. The first-order valence-electron chi connectivity index (χ1n) is 8.40. The van der Waals surface area contributed by atoms with E-state index in [1.54, 1.807) is 18.3 Å². The molecule has 0 bridgehead atoms. The molecular weight excluding hydrogens is 355 g/mol. The third-order valence-electron chi connectivity index (χ3n) is 4.75. The highest BCUT2D eigenvalue weighted by molar-refractivity contribution is 7.98. The zero-order valence-electron chi connectivity index (χ0n) is 14.2. The molecule has 1 aliphatic carbocycles. The van der Waals surface area contributed by atoms with Crippen LogP contribution in [0.3, 0.4) is 0 Å². The molecular formula is C19H17FN2O3S. The zero-order valence-corrected chi connectivity index (χ0v) is 15.0. The Kier molecular flexibility index (Phi) is 4.40. The predicted molar refractivity (Wildman–Crippen MR) is 96.5 cm³/mol. The highest BCUT2D eigenvalue weighted by Crippen LogP contribution is 2.32. The number of fused-ring (bicyclic) bond motifs is 1. The van der Waals surface area contributed by atoms with Crippen LogP contribution in [0.4, 0.5) is 10.1 Å². The quantitative estimate of drug-likeness (QED) is 0.771. The SMILES string of the molecule is CSc1ccc(OC2CCN(c3cc(F)c4c(c3)C(=O)CC4)C2=O)cn1. The second-order valence-electron chi connectivity index (χ2n) is 6.30. The van der Waals surface area contributed by atoms with Crippen LogP contribution in [0.1, 0.15) is 28.8 Å². The van der Waals surface area contributed by atoms with Crippen LogP contribution in [0, 0.1) is 5.82 Å². The van der Waals surface area contributed by atoms with Crippen LogP contribution in [0.5, 0.6) is 5.75 Å². The smallest absolute Gasteiger partial charge is 0.268 e. The summed E-state index contributed by atoms with van der Waals surface area (Å²) in [5, 5.41) is 0.870. The highest BCUT2D eigenvalue weighted by atomic mass is 32.2. The molecule has 1 fully saturated rings. The number of ketones is 1. The second kappa shape index (κ2) is 6.72. The molecule has 1 aromatic carbocycles. The summed E-state index contributed by atoms with van der Waals surface area (Å²) in [4.78, 5) is 30.3. The summed E-state index contributed by atoms with van der Waals surface area (Å²) >= 11 is 1.52. The van der Waals surface area contributed by atoms with E-state index in [2.05, 4.69) is 4.98 Å². The molecule has 1 aromatic heterocycles. The Bertz CT molecular complexity index is 885. The Hall–Kier alpha value is -2.41. The van der Waals surface area contributed by atoms with Gasteiger partial charge in [-0.15, -0.1) is 11.8 Å². The van der Waals surface area contributed by atoms with Crippen LogP contribution in [-0.2, 0) is 11.2 Å². The average molecular weight is 372 g/mol. The van der Waals surface area contributed by atoms with Gasteiger partial charge in [0.25, 0.3) is 5.91 Å². The molecule has 1 aliphatic heterocycles. The van der Waals surface area contributed by atoms with Crippen LogP contribution < -0.4 is 9.64 Å². The van der Waals surface area contributed by atoms with Crippen LogP contribution >= 0.6 is 11.8 Å². The van der Waals surface area contributed by atoms with Crippen molar-refractivity contribution in [2.24, 2.45) is 0 Å². The largest absolute Gasteiger partial charge is 0.479 e. The Balaban J connectivity index is 1.53. The number of halogens is 1. The number of Topliss-reactive ketones (excluding diaryl/α,β-unsaturated/α-hetero) is 1. The number of benzene rings is 1. The second-order valence-corrected chi connectivity index (χ2v) is 7.12. The number of aromatic nitrogens is 1. The molecule has 0 N–H and O–H groups in total. The Morgan fingerprint density at radius 3 is 2.85 bits per heavy atom. The van der Waals surface area contributed by atoms with Gasteiger partial charge in [0.2, 0.25) is 0 Å². The molecule has 2 aliphatic rings. The molecule has 0 spiro atoms. The van der Waals surface area contributed by atoms with Crippen molar-refractivity contribution in [2.45, 2.75) is 30.4 Å². The summed E-state index contributed by atoms with van der Waals surface area (Å²) in [6.45, 7) is 0.423. The van der Waals surface area contributed by atoms with E-state index in [-0.39, 0.29) is 11.7 Å². The Morgan fingerprint density at radius 1 is 1.27 bits per heavy atom. The van der Waals surface area contributed by atoms with Gasteiger partial charge < -0.3 is 9.64 Å². The Morgan fingerprint density at radius 2 is 2.12 bits per heavy atom. The standard InChI is InChI=1S/C19H17FN2O3S/c1-26-18-5-2-12(10-21-18)25-17-6-7-22(19(17)24)11-8-14-13(15(20)9-11)3-4-16(14)23/h2,5,8-10,17H,3-4,6-7H2,1H3. The maximum atomic E-state index is 14.3. The molecule has 1 unspecified atom stereocenters. The number of amides is 1. The summed E-state index contributed by atoms with van der Waals surface area (Å²) in [6, 6.07) is 6.58. The minimum atomic E-state index is -0.635. The number of carbonyl (C=O) groups is 2. The highest BCUT2D eigenvalue weighted by Gasteiger charge is 2.36. The van der Waals surface area contributed by atoms with Gasteiger partial charge in [-0.2, -0.15) is 0 Å². The molecule has 2 heterocycles. The molecule has 0 radical (unpaired) electrons. The van der Waals surface area contributed by atoms with Gasteiger partial charge in [0.05, 0.1) is 11.2 Å². The van der Waals surface area contributed by atoms with E-state index in [4.69, 9.17) is 4.74 Å². The number of ether oxygens (including phenoxy) is 1. The van der Waals surface area contributed by atoms with Crippen LogP contribution in [0.15, 0.2) is 35.5 Å². The fourth-order valence-corrected chi connectivity index (χ4v) is 3.76. The molecule has 1 atom stereocenters. The van der Waals surface area contributed by atoms with E-state index < -0.39 is 11.9 Å². The van der Waals surface area contributed by atoms with Crippen molar-refractivity contribution in [3.8, 4) is 5.75 Å². The van der Waals surface area contributed by atoms with E-state index >= 15 is 0 Å². The molecule has 2 aromatic rings. The van der Waals surface area contributed by atoms with Gasteiger partial charge >= 0.3 is 0 Å². The number of anilines is 1. The van der Waals surface area contributed by atoms with Crippen molar-refractivity contribution >= 4 is 29.1 Å². The van der Waals surface area contributed by atoms with Crippen molar-refractivity contribution < 1.29 is 18.7 Å². The minimum Gasteiger partial charge on any atom is -0.479 e. The van der Waals surface area contributed by atoms with E-state index in [0.717, 1.165) is 5.03 Å². The lowest BCUT2D eigenvalue weighted by Crippen LogP contribution is -2.32. The lowest BCUT2D eigenvalue weighted by atomic mass is 10.1. The first-order valence-corrected chi connectivity index (χ1v) is 9.63. The van der Waals surface area contributed by atoms with Crippen molar-refractivity contribution in [3.05, 3.63) is 47.4 Å². The van der Waals surface area contributed by atoms with Gasteiger partial charge in [0.15, 0.2) is 11.9 Å². The van der Waals surface area contributed by atoms with Gasteiger partial charge in [-0.3, -0.25) is 9.59 Å². The van der Waals surface area contributed by atoms with Gasteiger partial charge in [0, 0.05) is 30.6 Å². The van der Waals surface area contributed by atoms with E-state index in [9.17, 15) is 14.0 Å². The maximum absolute atomic E-state index is 14.3. The summed E-state index contributed by atoms with van der Waals surface area (Å²) in [6.07, 6.45) is 4.14. The molecule has 0 saturated carbocycles. The van der Waals surface area contributed by atoms with Crippen LogP contribution in [0.25, 0.3) is 0 Å². The van der Waals surface area contributed by atoms with Crippen molar-refractivity contribution in [1.82, 2.24) is 4.98 Å². The van der Waals surface area contributed by atoms with Gasteiger partial charge in [-0.25, -0.2) is 9.37 Å². The Labute approximate surface area is 154 Å². The number of rotatable bonds is 4. The number of nitrogens with zero attached hydrogens (tertiary/aromatic N) is 2. The normalized spacial score (nSPS) is 19.2. The molecule has 7 heteroatoms. The summed E-state index contributed by atoms with van der Waals surface area (Å²) in [7, 11) is 0. The minimum absolute atomic E-state index is 0.0693. The summed E-state index contributed by atoms with van der Waals surface area (Å²) in [5.41, 5.74) is 1.27. The zero-order chi connectivity index (χ0) is 18.3. The van der Waals surface area contributed by atoms with Crippen LogP contribution in [0.2, 0.25) is 0 Å². The third kappa shape index (κ3) is 2.96. The number of pyridine rings is 1. The van der Waals surface area contributed by atoms with Crippen molar-refractivity contribution in [2.75, 3.05) is 17.7 Å². The number of carbonyl (C=O) groups excluding carboxylic acids is 2. The monoisotopic (exact) mass is 372 g/mol. The van der Waals surface area contributed by atoms with Crippen molar-refractivity contribution in [1.29, 1.82) is 0 Å². The summed E-state index contributed by atoms with van der Waals surface area (Å²) < 4.78 is 20.0. The first kappa shape index (κ1) is 17.0. The maximum Gasteiger partial charge on any atom is 0.268 e.